The van der Waals surface area contributed by atoms with Gasteiger partial charge in [-0.3, -0.25) is 9.11 Å². The molecular weight excluding hydrogens is 927 g/mol. The van der Waals surface area contributed by atoms with Crippen molar-refractivity contribution in [2.45, 2.75) is 38.7 Å². The van der Waals surface area contributed by atoms with Gasteiger partial charge in [-0.2, -0.15) is 37.3 Å². The fourth-order valence-electron chi connectivity index (χ4n) is 6.79. The molecule has 0 heterocycles. The Morgan fingerprint density at radius 2 is 1.10 bits per heavy atom. The summed E-state index contributed by atoms with van der Waals surface area (Å²) in [5.74, 6) is -0.163. The average Bonchev–Trinajstić information content (AvgIpc) is 3.32. The molecular formula is C48H45N9O10S2. The van der Waals surface area contributed by atoms with Crippen molar-refractivity contribution in [3.8, 4) is 17.2 Å². The highest BCUT2D eigenvalue weighted by molar-refractivity contribution is 7.86. The average molecular weight is 972 g/mol. The van der Waals surface area contributed by atoms with Gasteiger partial charge in [0.1, 0.15) is 39.1 Å². The summed E-state index contributed by atoms with van der Waals surface area (Å²) in [6, 6.07) is 34.1. The zero-order valence-electron chi connectivity index (χ0n) is 37.5. The normalized spacial score (nSPS) is 12.3. The number of methoxy groups -OCH3 is 1. The molecule has 0 aliphatic carbocycles. The minimum atomic E-state index is -4.59. The van der Waals surface area contributed by atoms with Crippen molar-refractivity contribution >= 4 is 87.9 Å². The first-order valence-electron chi connectivity index (χ1n) is 21.0. The van der Waals surface area contributed by atoms with Gasteiger partial charge in [0.15, 0.2) is 5.75 Å². The van der Waals surface area contributed by atoms with Crippen LogP contribution in [-0.2, 0) is 26.8 Å². The molecule has 0 fully saturated rings. The van der Waals surface area contributed by atoms with E-state index in [-0.39, 0.29) is 53.0 Å². The van der Waals surface area contributed by atoms with Crippen LogP contribution in [0.1, 0.15) is 28.7 Å². The number of aromatic hydroxyl groups is 1. The summed E-state index contributed by atoms with van der Waals surface area (Å²) in [7, 11) is -7.38. The molecule has 0 bridgehead atoms. The number of benzene rings is 7. The van der Waals surface area contributed by atoms with Crippen LogP contribution in [0, 0.1) is 20.8 Å². The SMILES string of the molecule is COc1cc(N=Nc2cc(C)c(N=Nc3cc(C)c(N=Nc4ccccc4S(=O)(=O)O)cc3OCCCS(=O)(=O)O)cc2C)c(CO)cc1N=Nc1ccc2cc(Nc3ccccc3)ccc2c1O. The third kappa shape index (κ3) is 12.6. The number of aliphatic hydroxyl groups excluding tert-OH is 1. The molecule has 0 aliphatic rings. The van der Waals surface area contributed by atoms with Gasteiger partial charge in [-0.15, -0.1) is 20.5 Å². The zero-order valence-corrected chi connectivity index (χ0v) is 39.1. The van der Waals surface area contributed by atoms with Crippen LogP contribution in [0.5, 0.6) is 17.2 Å². The first kappa shape index (κ1) is 49.1. The van der Waals surface area contributed by atoms with E-state index in [1.54, 1.807) is 63.2 Å². The highest BCUT2D eigenvalue weighted by Crippen LogP contribution is 2.42. The van der Waals surface area contributed by atoms with E-state index in [1.807, 2.05) is 48.5 Å². The molecule has 21 heteroatoms. The first-order chi connectivity index (χ1) is 33.0. The minimum absolute atomic E-state index is 0.0486. The maximum atomic E-state index is 11.9. The summed E-state index contributed by atoms with van der Waals surface area (Å²) in [6.45, 7) is 4.77. The standard InChI is InChI=1S/C48H45N9O10S2/c1-29-22-40(53-56-43-23-31(3)41(26-46(43)67-19-10-20-68(60,61)62)54-50-37-13-8-9-14-47(37)69(63,64)65)30(2)21-39(29)52-55-42-27-45(66-4)44(25-33(42)28-58)57-51-38-18-15-32-24-35(16-17-36(32)48(38)59)49-34-11-6-5-7-12-34/h5-9,11-18,21-27,49,58-59H,10,19-20,28H2,1-4H3,(H,60,61,62)(H,63,64,65). The molecule has 7 rings (SSSR count). The van der Waals surface area contributed by atoms with Gasteiger partial charge < -0.3 is 25.0 Å². The highest BCUT2D eigenvalue weighted by Gasteiger charge is 2.17. The molecule has 0 spiro atoms. The number of ether oxygens (including phenoxy) is 2. The van der Waals surface area contributed by atoms with Gasteiger partial charge in [-0.05, 0) is 122 Å². The van der Waals surface area contributed by atoms with Gasteiger partial charge in [0.2, 0.25) is 0 Å². The fraction of sp³-hybridized carbons (Fsp3) is 0.167. The van der Waals surface area contributed by atoms with Crippen LogP contribution in [0.3, 0.4) is 0 Å². The van der Waals surface area contributed by atoms with E-state index >= 15 is 0 Å². The molecule has 7 aromatic carbocycles. The van der Waals surface area contributed by atoms with Gasteiger partial charge >= 0.3 is 0 Å². The molecule has 0 saturated heterocycles. The monoisotopic (exact) mass is 971 g/mol. The number of azo groups is 4. The quantitative estimate of drug-likeness (QED) is 0.0306. The third-order valence-electron chi connectivity index (χ3n) is 10.4. The molecule has 69 heavy (non-hydrogen) atoms. The molecule has 5 N–H and O–H groups in total. The van der Waals surface area contributed by atoms with Gasteiger partial charge in [0.05, 0.1) is 48.8 Å². The third-order valence-corrected chi connectivity index (χ3v) is 12.1. The molecule has 19 nitrogen and oxygen atoms in total. The van der Waals surface area contributed by atoms with E-state index in [9.17, 15) is 36.2 Å². The number of aliphatic hydroxyl groups is 1. The van der Waals surface area contributed by atoms with Crippen LogP contribution in [0.25, 0.3) is 10.8 Å². The predicted molar refractivity (Wildman–Crippen MR) is 261 cm³/mol. The van der Waals surface area contributed by atoms with E-state index in [0.717, 1.165) is 16.8 Å². The number of para-hydroxylation sites is 1. The second-order valence-corrected chi connectivity index (χ2v) is 18.4. The summed E-state index contributed by atoms with van der Waals surface area (Å²) in [5.41, 5.74) is 6.25. The Bertz CT molecular complexity index is 3400. The lowest BCUT2D eigenvalue weighted by molar-refractivity contribution is 0.282. The summed E-state index contributed by atoms with van der Waals surface area (Å²) >= 11 is 0. The van der Waals surface area contributed by atoms with Gasteiger partial charge in [0.25, 0.3) is 20.2 Å². The van der Waals surface area contributed by atoms with Crippen molar-refractivity contribution in [1.82, 2.24) is 0 Å². The number of hydrogen-bond acceptors (Lipinski definition) is 17. The van der Waals surface area contributed by atoms with E-state index in [1.165, 1.54) is 37.4 Å². The molecule has 0 aromatic heterocycles. The van der Waals surface area contributed by atoms with Crippen LogP contribution in [-0.4, -0.2) is 55.6 Å². The lowest BCUT2D eigenvalue weighted by Crippen LogP contribution is -2.08. The van der Waals surface area contributed by atoms with Gasteiger partial charge in [-0.25, -0.2) is 0 Å². The van der Waals surface area contributed by atoms with Crippen LogP contribution in [0.2, 0.25) is 0 Å². The van der Waals surface area contributed by atoms with Crippen LogP contribution < -0.4 is 14.8 Å². The Labute approximate surface area is 397 Å². The summed E-state index contributed by atoms with van der Waals surface area (Å²) in [6.07, 6.45) is -0.0503. The maximum absolute atomic E-state index is 11.9. The number of rotatable bonds is 18. The Morgan fingerprint density at radius 3 is 1.74 bits per heavy atom. The number of anilines is 2. The Morgan fingerprint density at radius 1 is 0.551 bits per heavy atom. The number of phenols is 1. The first-order valence-corrected chi connectivity index (χ1v) is 24.0. The summed E-state index contributed by atoms with van der Waals surface area (Å²) in [4.78, 5) is -0.437. The highest BCUT2D eigenvalue weighted by atomic mass is 32.2. The van der Waals surface area contributed by atoms with Crippen molar-refractivity contribution in [2.75, 3.05) is 24.8 Å². The van der Waals surface area contributed by atoms with Crippen LogP contribution in [0.4, 0.5) is 56.9 Å². The molecule has 0 aliphatic heterocycles. The molecule has 0 radical (unpaired) electrons. The molecule has 7 aromatic rings. The van der Waals surface area contributed by atoms with Crippen molar-refractivity contribution in [3.05, 3.63) is 144 Å². The summed E-state index contributed by atoms with van der Waals surface area (Å²) in [5, 5.41) is 60.9. The van der Waals surface area contributed by atoms with Crippen LogP contribution in [0.15, 0.2) is 167 Å². The maximum Gasteiger partial charge on any atom is 0.296 e. The predicted octanol–water partition coefficient (Wildman–Crippen LogP) is 13.3. The van der Waals surface area contributed by atoms with E-state index in [4.69, 9.17) is 9.47 Å². The second-order valence-electron chi connectivity index (χ2n) is 15.4. The lowest BCUT2D eigenvalue weighted by Gasteiger charge is -2.11. The summed E-state index contributed by atoms with van der Waals surface area (Å²) < 4.78 is 76.7. The lowest BCUT2D eigenvalue weighted by atomic mass is 10.1. The molecule has 0 saturated carbocycles. The van der Waals surface area contributed by atoms with E-state index in [2.05, 4.69) is 46.2 Å². The number of nitrogens with one attached hydrogen (secondary N) is 1. The van der Waals surface area contributed by atoms with Crippen LogP contribution >= 0.6 is 0 Å². The Balaban J connectivity index is 1.10. The van der Waals surface area contributed by atoms with E-state index in [0.29, 0.717) is 50.5 Å². The fourth-order valence-corrected chi connectivity index (χ4v) is 7.89. The van der Waals surface area contributed by atoms with Gasteiger partial charge in [0, 0.05) is 34.5 Å². The smallest absolute Gasteiger partial charge is 0.296 e. The van der Waals surface area contributed by atoms with Crippen molar-refractivity contribution < 1.29 is 45.6 Å². The number of hydrogen-bond donors (Lipinski definition) is 5. The largest absolute Gasteiger partial charge is 0.505 e. The number of phenolic OH excluding ortho intramolecular Hbond substituents is 1. The Hall–Kier alpha value is -7.82. The van der Waals surface area contributed by atoms with Crippen molar-refractivity contribution in [1.29, 1.82) is 0 Å². The minimum Gasteiger partial charge on any atom is -0.505 e. The zero-order chi connectivity index (χ0) is 49.3. The molecule has 354 valence electrons. The molecule has 0 unspecified atom stereocenters. The van der Waals surface area contributed by atoms with Crippen molar-refractivity contribution in [3.63, 3.8) is 0 Å². The topological polar surface area (TPSA) is 279 Å². The van der Waals surface area contributed by atoms with E-state index < -0.39 is 37.5 Å². The number of aryl methyl sites for hydroxylation is 3. The number of nitrogens with zero attached hydrogens (tertiary/aromatic N) is 8. The molecule has 0 atom stereocenters. The van der Waals surface area contributed by atoms with Crippen molar-refractivity contribution in [2.24, 2.45) is 40.9 Å². The Kier molecular flexibility index (Phi) is 15.2. The second kappa shape index (κ2) is 21.4. The molecule has 0 amide bonds. The number of fused-ring (bicyclic) bond motifs is 1. The van der Waals surface area contributed by atoms with Gasteiger partial charge in [-0.1, -0.05) is 36.4 Å².